The third-order valence-electron chi connectivity index (χ3n) is 4.52. The highest BCUT2D eigenvalue weighted by atomic mass is 16.5. The summed E-state index contributed by atoms with van der Waals surface area (Å²) in [5, 5.41) is 10.2. The standard InChI is InChI=1S/C17H25NO2/c1-17(2)10-9-13(20-17)12-18-11-5-8-16(19)14-6-3-4-7-15(14)18/h3-4,6-7,13,16,19H,5,8-12H2,1-2H3. The third kappa shape index (κ3) is 2.84. The molecule has 2 aliphatic rings. The summed E-state index contributed by atoms with van der Waals surface area (Å²) < 4.78 is 6.13. The van der Waals surface area contributed by atoms with E-state index in [1.165, 1.54) is 5.69 Å². The zero-order chi connectivity index (χ0) is 14.2. The van der Waals surface area contributed by atoms with Crippen LogP contribution in [0.15, 0.2) is 24.3 Å². The monoisotopic (exact) mass is 275 g/mol. The van der Waals surface area contributed by atoms with Crippen molar-refractivity contribution in [1.82, 2.24) is 0 Å². The molecule has 2 atom stereocenters. The normalized spacial score (nSPS) is 29.1. The van der Waals surface area contributed by atoms with Crippen molar-refractivity contribution >= 4 is 5.69 Å². The Kier molecular flexibility index (Phi) is 3.74. The van der Waals surface area contributed by atoms with E-state index in [-0.39, 0.29) is 11.7 Å². The molecule has 3 nitrogen and oxygen atoms in total. The molecule has 1 aromatic rings. The van der Waals surface area contributed by atoms with Gasteiger partial charge in [0.15, 0.2) is 0 Å². The summed E-state index contributed by atoms with van der Waals surface area (Å²) in [6.07, 6.45) is 4.14. The molecule has 0 bridgehead atoms. The lowest BCUT2D eigenvalue weighted by molar-refractivity contribution is -0.0115. The molecule has 3 rings (SSSR count). The molecule has 0 saturated carbocycles. The first kappa shape index (κ1) is 13.9. The Labute approximate surface area is 121 Å². The number of aliphatic hydroxyl groups is 1. The van der Waals surface area contributed by atoms with Crippen molar-refractivity contribution in [2.75, 3.05) is 18.0 Å². The van der Waals surface area contributed by atoms with Gasteiger partial charge in [-0.3, -0.25) is 0 Å². The van der Waals surface area contributed by atoms with Gasteiger partial charge >= 0.3 is 0 Å². The van der Waals surface area contributed by atoms with Crippen LogP contribution in [0.3, 0.4) is 0 Å². The average Bonchev–Trinajstić information content (AvgIpc) is 2.68. The topological polar surface area (TPSA) is 32.7 Å². The van der Waals surface area contributed by atoms with Gasteiger partial charge in [-0.25, -0.2) is 0 Å². The van der Waals surface area contributed by atoms with Crippen molar-refractivity contribution in [3.63, 3.8) is 0 Å². The van der Waals surface area contributed by atoms with Gasteiger partial charge in [-0.15, -0.1) is 0 Å². The van der Waals surface area contributed by atoms with E-state index in [0.29, 0.717) is 6.10 Å². The molecule has 2 unspecified atom stereocenters. The van der Waals surface area contributed by atoms with Crippen molar-refractivity contribution in [2.45, 2.75) is 57.3 Å². The van der Waals surface area contributed by atoms with E-state index in [1.807, 2.05) is 6.07 Å². The van der Waals surface area contributed by atoms with Crippen LogP contribution >= 0.6 is 0 Å². The number of hydrogen-bond acceptors (Lipinski definition) is 3. The Morgan fingerprint density at radius 1 is 1.30 bits per heavy atom. The lowest BCUT2D eigenvalue weighted by Gasteiger charge is -2.29. The zero-order valence-corrected chi connectivity index (χ0v) is 12.5. The van der Waals surface area contributed by atoms with Gasteiger partial charge in [0, 0.05) is 24.3 Å². The van der Waals surface area contributed by atoms with E-state index < -0.39 is 0 Å². The Hall–Kier alpha value is -1.06. The lowest BCUT2D eigenvalue weighted by atomic mass is 10.0. The molecular formula is C17H25NO2. The molecule has 2 aliphatic heterocycles. The number of aliphatic hydroxyl groups excluding tert-OH is 1. The highest BCUT2D eigenvalue weighted by Gasteiger charge is 2.33. The van der Waals surface area contributed by atoms with Gasteiger partial charge in [-0.1, -0.05) is 18.2 Å². The number of benzene rings is 1. The van der Waals surface area contributed by atoms with Gasteiger partial charge in [0.2, 0.25) is 0 Å². The second-order valence-corrected chi connectivity index (χ2v) is 6.70. The maximum absolute atomic E-state index is 10.2. The largest absolute Gasteiger partial charge is 0.388 e. The fourth-order valence-electron chi connectivity index (χ4n) is 3.45. The molecule has 1 N–H and O–H groups in total. The lowest BCUT2D eigenvalue weighted by Crippen LogP contribution is -2.34. The first-order chi connectivity index (χ1) is 9.55. The molecule has 0 aliphatic carbocycles. The number of fused-ring (bicyclic) bond motifs is 1. The number of anilines is 1. The maximum Gasteiger partial charge on any atom is 0.0810 e. The summed E-state index contributed by atoms with van der Waals surface area (Å²) in [6, 6.07) is 8.26. The minimum atomic E-state index is -0.322. The predicted molar refractivity (Wildman–Crippen MR) is 81.0 cm³/mol. The molecule has 0 spiro atoms. The van der Waals surface area contributed by atoms with Crippen LogP contribution < -0.4 is 4.90 Å². The smallest absolute Gasteiger partial charge is 0.0810 e. The summed E-state index contributed by atoms with van der Waals surface area (Å²) >= 11 is 0. The van der Waals surface area contributed by atoms with E-state index >= 15 is 0 Å². The molecule has 1 saturated heterocycles. The Morgan fingerprint density at radius 2 is 2.10 bits per heavy atom. The Morgan fingerprint density at radius 3 is 2.85 bits per heavy atom. The van der Waals surface area contributed by atoms with Gasteiger partial charge in [0.05, 0.1) is 17.8 Å². The highest BCUT2D eigenvalue weighted by Crippen LogP contribution is 2.35. The van der Waals surface area contributed by atoms with Crippen LogP contribution in [0.4, 0.5) is 5.69 Å². The predicted octanol–water partition coefficient (Wildman–Crippen LogP) is 3.28. The van der Waals surface area contributed by atoms with E-state index in [0.717, 1.165) is 44.3 Å². The number of hydrogen-bond donors (Lipinski definition) is 1. The fourth-order valence-corrected chi connectivity index (χ4v) is 3.45. The molecule has 20 heavy (non-hydrogen) atoms. The molecule has 0 aromatic heterocycles. The summed E-state index contributed by atoms with van der Waals surface area (Å²) in [5.41, 5.74) is 2.28. The van der Waals surface area contributed by atoms with E-state index in [4.69, 9.17) is 4.74 Å². The van der Waals surface area contributed by atoms with Gasteiger partial charge in [-0.05, 0) is 45.6 Å². The second-order valence-electron chi connectivity index (χ2n) is 6.70. The summed E-state index contributed by atoms with van der Waals surface area (Å²) in [5.74, 6) is 0. The van der Waals surface area contributed by atoms with Crippen LogP contribution in [0.1, 0.15) is 51.2 Å². The van der Waals surface area contributed by atoms with Gasteiger partial charge in [0.25, 0.3) is 0 Å². The minimum absolute atomic E-state index is 0.0234. The summed E-state index contributed by atoms with van der Waals surface area (Å²) in [6.45, 7) is 6.29. The molecule has 2 heterocycles. The maximum atomic E-state index is 10.2. The average molecular weight is 275 g/mol. The molecular weight excluding hydrogens is 250 g/mol. The van der Waals surface area contributed by atoms with Crippen LogP contribution in [-0.4, -0.2) is 29.9 Å². The van der Waals surface area contributed by atoms with Crippen LogP contribution in [0.5, 0.6) is 0 Å². The van der Waals surface area contributed by atoms with E-state index in [9.17, 15) is 5.11 Å². The Balaban J connectivity index is 1.78. The van der Waals surface area contributed by atoms with Gasteiger partial charge in [-0.2, -0.15) is 0 Å². The number of ether oxygens (including phenoxy) is 1. The number of nitrogens with zero attached hydrogens (tertiary/aromatic N) is 1. The van der Waals surface area contributed by atoms with Crippen molar-refractivity contribution in [2.24, 2.45) is 0 Å². The van der Waals surface area contributed by atoms with Crippen LogP contribution in [-0.2, 0) is 4.74 Å². The fraction of sp³-hybridized carbons (Fsp3) is 0.647. The SMILES string of the molecule is CC1(C)CCC(CN2CCCC(O)c3ccccc32)O1. The molecule has 0 radical (unpaired) electrons. The molecule has 1 fully saturated rings. The van der Waals surface area contributed by atoms with Gasteiger partial charge in [0.1, 0.15) is 0 Å². The zero-order valence-electron chi connectivity index (χ0n) is 12.5. The second kappa shape index (κ2) is 5.38. The third-order valence-corrected chi connectivity index (χ3v) is 4.52. The van der Waals surface area contributed by atoms with Crippen LogP contribution in [0, 0.1) is 0 Å². The molecule has 110 valence electrons. The molecule has 3 heteroatoms. The summed E-state index contributed by atoms with van der Waals surface area (Å²) in [7, 11) is 0. The van der Waals surface area contributed by atoms with E-state index in [2.05, 4.69) is 36.9 Å². The Bertz CT molecular complexity index is 472. The van der Waals surface area contributed by atoms with Gasteiger partial charge < -0.3 is 14.7 Å². The van der Waals surface area contributed by atoms with E-state index in [1.54, 1.807) is 0 Å². The summed E-state index contributed by atoms with van der Waals surface area (Å²) in [4.78, 5) is 2.40. The van der Waals surface area contributed by atoms with Crippen LogP contribution in [0.2, 0.25) is 0 Å². The molecule has 1 aromatic carbocycles. The van der Waals surface area contributed by atoms with Crippen molar-refractivity contribution in [3.8, 4) is 0 Å². The van der Waals surface area contributed by atoms with Crippen molar-refractivity contribution < 1.29 is 9.84 Å². The van der Waals surface area contributed by atoms with Crippen molar-refractivity contribution in [3.05, 3.63) is 29.8 Å². The minimum Gasteiger partial charge on any atom is -0.388 e. The highest BCUT2D eigenvalue weighted by molar-refractivity contribution is 5.55. The first-order valence-corrected chi connectivity index (χ1v) is 7.75. The first-order valence-electron chi connectivity index (χ1n) is 7.75. The van der Waals surface area contributed by atoms with Crippen LogP contribution in [0.25, 0.3) is 0 Å². The number of rotatable bonds is 2. The molecule has 0 amide bonds. The number of para-hydroxylation sites is 1. The quantitative estimate of drug-likeness (QED) is 0.899. The van der Waals surface area contributed by atoms with Crippen molar-refractivity contribution in [1.29, 1.82) is 0 Å².